The highest BCUT2D eigenvalue weighted by Crippen LogP contribution is 2.25. The van der Waals surface area contributed by atoms with Gasteiger partial charge in [0.05, 0.1) is 11.8 Å². The summed E-state index contributed by atoms with van der Waals surface area (Å²) in [4.78, 5) is 15.1. The van der Waals surface area contributed by atoms with Crippen molar-refractivity contribution in [3.05, 3.63) is 29.8 Å². The van der Waals surface area contributed by atoms with Crippen LogP contribution in [0.4, 0.5) is 5.69 Å². The zero-order valence-corrected chi connectivity index (χ0v) is 18.7. The average Bonchev–Trinajstić information content (AvgIpc) is 2.74. The summed E-state index contributed by atoms with van der Waals surface area (Å²) in [5.74, 6) is 0.767. The van der Waals surface area contributed by atoms with Crippen molar-refractivity contribution in [1.29, 1.82) is 0 Å². The molecule has 0 unspecified atom stereocenters. The Hall–Kier alpha value is -1.60. The molecule has 29 heavy (non-hydrogen) atoms. The summed E-state index contributed by atoms with van der Waals surface area (Å²) in [6.45, 7) is 9.07. The largest absolute Gasteiger partial charge is 0.371 e. The van der Waals surface area contributed by atoms with E-state index < -0.39 is 10.0 Å². The summed E-state index contributed by atoms with van der Waals surface area (Å²) >= 11 is 0. The molecule has 7 heteroatoms. The van der Waals surface area contributed by atoms with Crippen molar-refractivity contribution in [2.45, 2.75) is 52.5 Å². The zero-order valence-electron chi connectivity index (χ0n) is 17.9. The maximum atomic E-state index is 12.7. The predicted molar refractivity (Wildman–Crippen MR) is 117 cm³/mol. The van der Waals surface area contributed by atoms with E-state index in [-0.39, 0.29) is 23.6 Å². The summed E-state index contributed by atoms with van der Waals surface area (Å²) in [6, 6.07) is 8.47. The minimum Gasteiger partial charge on any atom is -0.371 e. The van der Waals surface area contributed by atoms with Gasteiger partial charge in [0.25, 0.3) is 0 Å². The monoisotopic (exact) mass is 421 g/mol. The Kier molecular flexibility index (Phi) is 7.22. The minimum absolute atomic E-state index is 0.0278. The first-order chi connectivity index (χ1) is 13.8. The molecule has 0 spiro atoms. The Morgan fingerprint density at radius 2 is 1.79 bits per heavy atom. The Balaban J connectivity index is 1.52. The van der Waals surface area contributed by atoms with Crippen LogP contribution in [0.3, 0.4) is 0 Å². The summed E-state index contributed by atoms with van der Waals surface area (Å²) in [7, 11) is -3.16. The molecule has 2 heterocycles. The first kappa shape index (κ1) is 22.1. The Labute approximate surface area is 175 Å². The van der Waals surface area contributed by atoms with Crippen molar-refractivity contribution < 1.29 is 13.2 Å². The number of hydrogen-bond donors (Lipinski definition) is 1. The van der Waals surface area contributed by atoms with Gasteiger partial charge in [0.1, 0.15) is 0 Å². The number of piperidine rings is 2. The van der Waals surface area contributed by atoms with Gasteiger partial charge in [-0.3, -0.25) is 4.79 Å². The number of nitrogens with zero attached hydrogens (tertiary/aromatic N) is 2. The van der Waals surface area contributed by atoms with E-state index >= 15 is 0 Å². The van der Waals surface area contributed by atoms with Crippen molar-refractivity contribution >= 4 is 21.6 Å². The number of benzene rings is 1. The van der Waals surface area contributed by atoms with Crippen molar-refractivity contribution in [3.63, 3.8) is 0 Å². The highest BCUT2D eigenvalue weighted by molar-refractivity contribution is 7.89. The molecule has 6 nitrogen and oxygen atoms in total. The highest BCUT2D eigenvalue weighted by Gasteiger charge is 2.30. The second-order valence-electron chi connectivity index (χ2n) is 8.59. The fourth-order valence-electron chi connectivity index (χ4n) is 4.39. The van der Waals surface area contributed by atoms with E-state index in [4.69, 9.17) is 0 Å². The van der Waals surface area contributed by atoms with Gasteiger partial charge in [-0.05, 0) is 63.1 Å². The van der Waals surface area contributed by atoms with Crippen LogP contribution in [0.2, 0.25) is 0 Å². The average molecular weight is 422 g/mol. The lowest BCUT2D eigenvalue weighted by atomic mass is 9.96. The lowest BCUT2D eigenvalue weighted by molar-refractivity contribution is -0.126. The van der Waals surface area contributed by atoms with Crippen LogP contribution in [0.5, 0.6) is 0 Å². The second kappa shape index (κ2) is 9.47. The second-order valence-corrected chi connectivity index (χ2v) is 10.8. The number of nitrogens with one attached hydrogen (secondary N) is 1. The van der Waals surface area contributed by atoms with Gasteiger partial charge in [0.15, 0.2) is 0 Å². The summed E-state index contributed by atoms with van der Waals surface area (Å²) in [6.07, 6.45) is 3.72. The van der Waals surface area contributed by atoms with Gasteiger partial charge in [0, 0.05) is 37.8 Å². The molecule has 1 N–H and O–H groups in total. The van der Waals surface area contributed by atoms with Crippen LogP contribution >= 0.6 is 0 Å². The molecule has 1 aromatic rings. The van der Waals surface area contributed by atoms with Gasteiger partial charge in [0.2, 0.25) is 15.9 Å². The standard InChI is InChI=1S/C22H35N3O3S/c1-4-29(27,28)25-14-11-20(12-15-25)22(26)23-18(3)19-7-9-21(10-8-19)24-13-5-6-17(2)16-24/h7-10,17-18,20H,4-6,11-16H2,1-3H3,(H,23,26)/t17-,18-/m0/s1. The Morgan fingerprint density at radius 3 is 2.38 bits per heavy atom. The maximum absolute atomic E-state index is 12.7. The smallest absolute Gasteiger partial charge is 0.223 e. The van der Waals surface area contributed by atoms with Gasteiger partial charge in [-0.15, -0.1) is 0 Å². The van der Waals surface area contributed by atoms with Gasteiger partial charge in [-0.25, -0.2) is 12.7 Å². The lowest BCUT2D eigenvalue weighted by Crippen LogP contribution is -2.43. The topological polar surface area (TPSA) is 69.7 Å². The molecule has 0 bridgehead atoms. The van der Waals surface area contributed by atoms with Crippen LogP contribution in [0, 0.1) is 11.8 Å². The Bertz CT molecular complexity index is 786. The molecule has 162 valence electrons. The van der Waals surface area contributed by atoms with Crippen LogP contribution in [0.25, 0.3) is 0 Å². The van der Waals surface area contributed by atoms with Crippen molar-refractivity contribution in [1.82, 2.24) is 9.62 Å². The van der Waals surface area contributed by atoms with Crippen LogP contribution in [-0.2, 0) is 14.8 Å². The van der Waals surface area contributed by atoms with Gasteiger partial charge < -0.3 is 10.2 Å². The first-order valence-electron chi connectivity index (χ1n) is 10.9. The third kappa shape index (κ3) is 5.51. The molecule has 0 aliphatic carbocycles. The molecule has 1 amide bonds. The molecule has 2 fully saturated rings. The van der Waals surface area contributed by atoms with Crippen LogP contribution in [0.15, 0.2) is 24.3 Å². The fourth-order valence-corrected chi connectivity index (χ4v) is 5.52. The third-order valence-corrected chi connectivity index (χ3v) is 8.24. The first-order valence-corrected chi connectivity index (χ1v) is 12.5. The normalized spacial score (nSPS) is 23.0. The van der Waals surface area contributed by atoms with Crippen molar-refractivity contribution in [2.24, 2.45) is 11.8 Å². The van der Waals surface area contributed by atoms with Gasteiger partial charge in [-0.2, -0.15) is 0 Å². The maximum Gasteiger partial charge on any atom is 0.223 e. The number of anilines is 1. The molecule has 0 saturated carbocycles. The number of carbonyl (C=O) groups is 1. The number of carbonyl (C=O) groups excluding carboxylic acids is 1. The quantitative estimate of drug-likeness (QED) is 0.766. The number of amides is 1. The van der Waals surface area contributed by atoms with Crippen molar-refractivity contribution in [3.8, 4) is 0 Å². The number of rotatable bonds is 6. The fraction of sp³-hybridized carbons (Fsp3) is 0.682. The van der Waals surface area contributed by atoms with E-state index in [2.05, 4.69) is 41.4 Å². The summed E-state index contributed by atoms with van der Waals surface area (Å²) in [5.41, 5.74) is 2.35. The van der Waals surface area contributed by atoms with Crippen LogP contribution in [-0.4, -0.2) is 50.6 Å². The molecule has 2 atom stereocenters. The summed E-state index contributed by atoms with van der Waals surface area (Å²) < 4.78 is 25.5. The molecule has 2 aliphatic rings. The van der Waals surface area contributed by atoms with E-state index in [0.29, 0.717) is 25.9 Å². The lowest BCUT2D eigenvalue weighted by Gasteiger charge is -2.33. The van der Waals surface area contributed by atoms with E-state index in [0.717, 1.165) is 24.6 Å². The number of sulfonamides is 1. The van der Waals surface area contributed by atoms with E-state index in [1.807, 2.05) is 6.92 Å². The van der Waals surface area contributed by atoms with E-state index in [9.17, 15) is 13.2 Å². The minimum atomic E-state index is -3.16. The summed E-state index contributed by atoms with van der Waals surface area (Å²) in [5, 5.41) is 3.12. The van der Waals surface area contributed by atoms with Crippen LogP contribution in [0.1, 0.15) is 58.1 Å². The van der Waals surface area contributed by atoms with Gasteiger partial charge >= 0.3 is 0 Å². The SMILES string of the molecule is CCS(=O)(=O)N1CCC(C(=O)N[C@@H](C)c2ccc(N3CCC[C@H](C)C3)cc2)CC1. The Morgan fingerprint density at radius 1 is 1.14 bits per heavy atom. The number of hydrogen-bond acceptors (Lipinski definition) is 4. The zero-order chi connectivity index (χ0) is 21.0. The molecule has 0 radical (unpaired) electrons. The molecule has 2 aliphatic heterocycles. The molecule has 0 aromatic heterocycles. The van der Waals surface area contributed by atoms with E-state index in [1.54, 1.807) is 6.92 Å². The van der Waals surface area contributed by atoms with E-state index in [1.165, 1.54) is 22.8 Å². The highest BCUT2D eigenvalue weighted by atomic mass is 32.2. The molecular weight excluding hydrogens is 386 g/mol. The van der Waals surface area contributed by atoms with Gasteiger partial charge in [-0.1, -0.05) is 19.1 Å². The molecule has 3 rings (SSSR count). The third-order valence-electron chi connectivity index (χ3n) is 6.36. The molecule has 2 saturated heterocycles. The molecule has 1 aromatic carbocycles. The van der Waals surface area contributed by atoms with Crippen molar-refractivity contribution in [2.75, 3.05) is 36.8 Å². The van der Waals surface area contributed by atoms with Crippen LogP contribution < -0.4 is 10.2 Å². The molecular formula is C22H35N3O3S. The predicted octanol–water partition coefficient (Wildman–Crippen LogP) is 3.16.